The normalized spacial score (nSPS) is 23.3. The lowest BCUT2D eigenvalue weighted by Gasteiger charge is -2.43. The Bertz CT molecular complexity index is 1440. The molecule has 206 valence electrons. The van der Waals surface area contributed by atoms with Crippen LogP contribution < -0.4 is 0 Å². The van der Waals surface area contributed by atoms with Gasteiger partial charge in [0.2, 0.25) is 0 Å². The summed E-state index contributed by atoms with van der Waals surface area (Å²) in [6, 6.07) is 2.48. The number of aliphatic hydroxyl groups excluding tert-OH is 2. The summed E-state index contributed by atoms with van der Waals surface area (Å²) in [5, 5.41) is 29.3. The maximum atomic E-state index is 13.9. The maximum Gasteiger partial charge on any atom is 0.194 e. The number of ether oxygens (including phenoxy) is 2. The van der Waals surface area contributed by atoms with Crippen LogP contribution in [0.2, 0.25) is 0 Å². The molecule has 3 aromatic heterocycles. The van der Waals surface area contributed by atoms with Crippen molar-refractivity contribution in [3.8, 4) is 11.3 Å². The quantitative estimate of drug-likeness (QED) is 0.284. The van der Waals surface area contributed by atoms with Crippen LogP contribution in [0.5, 0.6) is 0 Å². The number of pyridine rings is 1. The monoisotopic (exact) mass is 626 g/mol. The van der Waals surface area contributed by atoms with Crippen molar-refractivity contribution in [1.29, 1.82) is 0 Å². The van der Waals surface area contributed by atoms with Crippen molar-refractivity contribution in [3.63, 3.8) is 0 Å². The zero-order valence-electron chi connectivity index (χ0n) is 20.2. The van der Waals surface area contributed by atoms with Gasteiger partial charge in [-0.3, -0.25) is 4.98 Å². The fourth-order valence-corrected chi connectivity index (χ4v) is 5.86. The number of thioether (sulfide) groups is 1. The summed E-state index contributed by atoms with van der Waals surface area (Å²) in [7, 11) is 1.81. The predicted octanol–water partition coefficient (Wildman–Crippen LogP) is 3.25. The number of rotatable bonds is 8. The van der Waals surface area contributed by atoms with Gasteiger partial charge in [-0.05, 0) is 34.1 Å². The summed E-state index contributed by atoms with van der Waals surface area (Å²) in [6.45, 7) is -0.457. The van der Waals surface area contributed by atoms with E-state index < -0.39 is 53.8 Å². The second kappa shape index (κ2) is 11.7. The molecule has 10 nitrogen and oxygen atoms in total. The number of aromatic nitrogens is 6. The molecule has 0 radical (unpaired) electrons. The van der Waals surface area contributed by atoms with Gasteiger partial charge in [0.05, 0.1) is 12.8 Å². The van der Waals surface area contributed by atoms with Gasteiger partial charge in [0.25, 0.3) is 0 Å². The Kier molecular flexibility index (Phi) is 8.35. The van der Waals surface area contributed by atoms with Gasteiger partial charge in [0, 0.05) is 46.8 Å². The first-order valence-corrected chi connectivity index (χ1v) is 13.3. The van der Waals surface area contributed by atoms with E-state index in [1.165, 1.54) is 22.6 Å². The van der Waals surface area contributed by atoms with Crippen molar-refractivity contribution in [1.82, 2.24) is 29.5 Å². The molecule has 0 saturated carbocycles. The van der Waals surface area contributed by atoms with E-state index in [1.807, 2.05) is 6.07 Å². The third kappa shape index (κ3) is 5.88. The third-order valence-corrected chi connectivity index (χ3v) is 7.72. The minimum Gasteiger partial charge on any atom is -0.394 e. The lowest BCUT2D eigenvalue weighted by atomic mass is 9.97. The van der Waals surface area contributed by atoms with E-state index in [-0.39, 0.29) is 17.9 Å². The van der Waals surface area contributed by atoms with Crippen LogP contribution in [0, 0.1) is 17.5 Å². The van der Waals surface area contributed by atoms with Crippen molar-refractivity contribution < 1.29 is 32.9 Å². The lowest BCUT2D eigenvalue weighted by Crippen LogP contribution is -2.55. The van der Waals surface area contributed by atoms with Crippen molar-refractivity contribution >= 4 is 27.7 Å². The van der Waals surface area contributed by atoms with Crippen LogP contribution >= 0.6 is 27.7 Å². The highest BCUT2D eigenvalue weighted by Gasteiger charge is 2.48. The van der Waals surface area contributed by atoms with Crippen molar-refractivity contribution in [2.45, 2.75) is 41.3 Å². The Balaban J connectivity index is 1.52. The van der Waals surface area contributed by atoms with Crippen LogP contribution in [0.3, 0.4) is 0 Å². The van der Waals surface area contributed by atoms with Gasteiger partial charge in [-0.1, -0.05) is 17.0 Å². The summed E-state index contributed by atoms with van der Waals surface area (Å²) in [5.74, 6) is -3.74. The molecule has 4 heterocycles. The largest absolute Gasteiger partial charge is 0.394 e. The van der Waals surface area contributed by atoms with Gasteiger partial charge in [0.1, 0.15) is 47.9 Å². The Hall–Kier alpha value is -2.82. The molecule has 2 unspecified atom stereocenters. The molecule has 0 aliphatic carbocycles. The van der Waals surface area contributed by atoms with E-state index in [0.717, 1.165) is 21.5 Å². The first-order chi connectivity index (χ1) is 18.7. The molecule has 2 N–H and O–H groups in total. The fraction of sp³-hybridized carbons (Fsp3) is 0.333. The van der Waals surface area contributed by atoms with Gasteiger partial charge >= 0.3 is 0 Å². The molecule has 5 atom stereocenters. The summed E-state index contributed by atoms with van der Waals surface area (Å²) in [5.41, 5.74) is -0.773. The molecule has 4 aromatic rings. The Labute approximate surface area is 232 Å². The molecule has 1 aromatic carbocycles. The van der Waals surface area contributed by atoms with E-state index >= 15 is 0 Å². The molecule has 1 aliphatic rings. The standard InChI is InChI=1S/C24H22BrF3N6O4S/c1-33-3-2-30-19(33)11-37-23-21(34-9-17(31-32-34)12-4-15(26)20(28)16(27)5-12)22(36)18(10-35)38-24(23)39-14-6-13(25)7-29-8-14/h2-9,18,21-24,35-36H,10-11H2,1H3/t18?,21-,22-,23?,24+/m0/s1. The highest BCUT2D eigenvalue weighted by atomic mass is 79.9. The van der Waals surface area contributed by atoms with Crippen LogP contribution in [0.4, 0.5) is 13.2 Å². The van der Waals surface area contributed by atoms with Gasteiger partial charge in [-0.25, -0.2) is 22.8 Å². The summed E-state index contributed by atoms with van der Waals surface area (Å²) in [4.78, 5) is 9.17. The molecule has 5 rings (SSSR count). The third-order valence-electron chi connectivity index (χ3n) is 6.18. The molecule has 0 amide bonds. The minimum absolute atomic E-state index is 0.0373. The Morgan fingerprint density at radius 1 is 1.18 bits per heavy atom. The highest BCUT2D eigenvalue weighted by molar-refractivity contribution is 9.10. The average Bonchev–Trinajstić information content (AvgIpc) is 3.56. The van der Waals surface area contributed by atoms with Gasteiger partial charge in [-0.15, -0.1) is 5.10 Å². The smallest absolute Gasteiger partial charge is 0.194 e. The van der Waals surface area contributed by atoms with Crippen LogP contribution in [-0.4, -0.2) is 70.1 Å². The zero-order valence-corrected chi connectivity index (χ0v) is 22.6. The maximum absolute atomic E-state index is 13.9. The van der Waals surface area contributed by atoms with Gasteiger partial charge < -0.3 is 24.3 Å². The zero-order chi connectivity index (χ0) is 27.7. The average molecular weight is 627 g/mol. The first kappa shape index (κ1) is 27.7. The highest BCUT2D eigenvalue weighted by Crippen LogP contribution is 2.40. The second-order valence-electron chi connectivity index (χ2n) is 8.73. The molecule has 1 fully saturated rings. The summed E-state index contributed by atoms with van der Waals surface area (Å²) < 4.78 is 57.4. The molecular weight excluding hydrogens is 605 g/mol. The Morgan fingerprint density at radius 2 is 1.95 bits per heavy atom. The van der Waals surface area contributed by atoms with E-state index in [1.54, 1.807) is 36.4 Å². The number of aliphatic hydroxyl groups is 2. The second-order valence-corrected chi connectivity index (χ2v) is 10.8. The number of hydrogen-bond donors (Lipinski definition) is 2. The lowest BCUT2D eigenvalue weighted by molar-refractivity contribution is -0.196. The van der Waals surface area contributed by atoms with Crippen molar-refractivity contribution in [2.75, 3.05) is 6.61 Å². The van der Waals surface area contributed by atoms with E-state index in [2.05, 4.69) is 36.2 Å². The molecule has 15 heteroatoms. The van der Waals surface area contributed by atoms with Gasteiger partial charge in [-0.2, -0.15) is 0 Å². The molecule has 0 bridgehead atoms. The number of aryl methyl sites for hydroxylation is 1. The Morgan fingerprint density at radius 3 is 2.62 bits per heavy atom. The number of imidazole rings is 1. The minimum atomic E-state index is -1.60. The van der Waals surface area contributed by atoms with Crippen LogP contribution in [0.1, 0.15) is 11.9 Å². The van der Waals surface area contributed by atoms with E-state index in [4.69, 9.17) is 9.47 Å². The molecule has 39 heavy (non-hydrogen) atoms. The number of benzene rings is 1. The van der Waals surface area contributed by atoms with E-state index in [0.29, 0.717) is 5.82 Å². The van der Waals surface area contributed by atoms with Crippen molar-refractivity contribution in [2.24, 2.45) is 7.05 Å². The van der Waals surface area contributed by atoms with Gasteiger partial charge in [0.15, 0.2) is 17.5 Å². The molecular formula is C24H22BrF3N6O4S. The van der Waals surface area contributed by atoms with Crippen LogP contribution in [0.15, 0.2) is 58.6 Å². The SMILES string of the molecule is Cn1ccnc1COC1[C@@H](Sc2cncc(Br)c2)OC(CO)[C@H](O)[C@@H]1n1cc(-c2cc(F)c(F)c(F)c2)nn1. The fourth-order valence-electron chi connectivity index (χ4n) is 4.19. The molecule has 1 aliphatic heterocycles. The number of halogens is 4. The predicted molar refractivity (Wildman–Crippen MR) is 136 cm³/mol. The van der Waals surface area contributed by atoms with Crippen molar-refractivity contribution in [3.05, 3.63) is 76.9 Å². The first-order valence-electron chi connectivity index (χ1n) is 11.6. The molecule has 0 spiro atoms. The summed E-state index contributed by atoms with van der Waals surface area (Å²) in [6.07, 6.45) is 4.79. The number of hydrogen-bond acceptors (Lipinski definition) is 9. The summed E-state index contributed by atoms with van der Waals surface area (Å²) >= 11 is 4.66. The number of nitrogens with zero attached hydrogens (tertiary/aromatic N) is 6. The van der Waals surface area contributed by atoms with E-state index in [9.17, 15) is 23.4 Å². The van der Waals surface area contributed by atoms with Crippen LogP contribution in [0.25, 0.3) is 11.3 Å². The topological polar surface area (TPSA) is 120 Å². The molecule has 1 saturated heterocycles. The van der Waals surface area contributed by atoms with Crippen LogP contribution in [-0.2, 0) is 23.1 Å².